The van der Waals surface area contributed by atoms with Crippen LogP contribution in [-0.2, 0) is 0 Å². The molecule has 25 heavy (non-hydrogen) atoms. The van der Waals surface area contributed by atoms with Crippen LogP contribution < -0.4 is 14.2 Å². The highest BCUT2D eigenvalue weighted by molar-refractivity contribution is 5.97. The normalized spacial score (nSPS) is 13.9. The van der Waals surface area contributed by atoms with E-state index in [0.717, 1.165) is 12.0 Å². The van der Waals surface area contributed by atoms with Gasteiger partial charge in [-0.1, -0.05) is 13.8 Å². The van der Waals surface area contributed by atoms with Crippen LogP contribution >= 0.6 is 0 Å². The minimum absolute atomic E-state index is 0.0443. The summed E-state index contributed by atoms with van der Waals surface area (Å²) in [4.78, 5) is 12.7. The molecule has 0 radical (unpaired) electrons. The minimum atomic E-state index is -0.502. The van der Waals surface area contributed by atoms with Crippen molar-refractivity contribution in [3.63, 3.8) is 0 Å². The van der Waals surface area contributed by atoms with Crippen LogP contribution in [0.3, 0.4) is 0 Å². The Labute approximate surface area is 147 Å². The molecular weight excluding hydrogens is 320 g/mol. The van der Waals surface area contributed by atoms with E-state index in [9.17, 15) is 9.90 Å². The molecule has 1 atom stereocenters. The van der Waals surface area contributed by atoms with Crippen molar-refractivity contribution in [3.8, 4) is 28.7 Å². The van der Waals surface area contributed by atoms with Crippen molar-refractivity contribution in [2.75, 3.05) is 7.11 Å². The number of aromatic hydroxyl groups is 1. The molecule has 5 nitrogen and oxygen atoms in total. The van der Waals surface area contributed by atoms with Gasteiger partial charge in [-0.3, -0.25) is 0 Å². The lowest BCUT2D eigenvalue weighted by molar-refractivity contribution is 0.0735. The van der Waals surface area contributed by atoms with E-state index < -0.39 is 5.97 Å². The number of hydrogen-bond acceptors (Lipinski definition) is 5. The van der Waals surface area contributed by atoms with E-state index in [1.165, 1.54) is 12.1 Å². The highest BCUT2D eigenvalue weighted by Gasteiger charge is 2.31. The molecule has 0 fully saturated rings. The van der Waals surface area contributed by atoms with E-state index in [2.05, 4.69) is 13.8 Å². The monoisotopic (exact) mass is 342 g/mol. The molecule has 1 aliphatic heterocycles. The summed E-state index contributed by atoms with van der Waals surface area (Å²) in [5.41, 5.74) is 2.53. The Balaban J connectivity index is 2.30. The first-order valence-corrected chi connectivity index (χ1v) is 8.32. The van der Waals surface area contributed by atoms with Crippen molar-refractivity contribution in [3.05, 3.63) is 40.5 Å². The maximum absolute atomic E-state index is 12.7. The second kappa shape index (κ2) is 6.31. The van der Waals surface area contributed by atoms with Gasteiger partial charge in [-0.25, -0.2) is 4.79 Å². The molecule has 2 aromatic rings. The summed E-state index contributed by atoms with van der Waals surface area (Å²) in [5.74, 6) is 1.55. The molecule has 1 N–H and O–H groups in total. The van der Waals surface area contributed by atoms with Gasteiger partial charge in [0, 0.05) is 17.2 Å². The fourth-order valence-electron chi connectivity index (χ4n) is 3.09. The van der Waals surface area contributed by atoms with Gasteiger partial charge in [-0.2, -0.15) is 0 Å². The number of aryl methyl sites for hydroxylation is 1. The van der Waals surface area contributed by atoms with Crippen LogP contribution in [0.15, 0.2) is 18.2 Å². The third-order valence-electron chi connectivity index (χ3n) is 4.72. The largest absolute Gasteiger partial charge is 0.508 e. The summed E-state index contributed by atoms with van der Waals surface area (Å²) in [6.07, 6.45) is 0.891. The van der Waals surface area contributed by atoms with Crippen molar-refractivity contribution >= 4 is 5.97 Å². The highest BCUT2D eigenvalue weighted by atomic mass is 16.6. The average Bonchev–Trinajstić information content (AvgIpc) is 2.71. The van der Waals surface area contributed by atoms with E-state index in [0.29, 0.717) is 39.7 Å². The van der Waals surface area contributed by atoms with E-state index in [-0.39, 0.29) is 11.7 Å². The Morgan fingerprint density at radius 3 is 2.52 bits per heavy atom. The number of benzene rings is 2. The first-order valence-electron chi connectivity index (χ1n) is 8.32. The van der Waals surface area contributed by atoms with Crippen LogP contribution in [-0.4, -0.2) is 18.2 Å². The van der Waals surface area contributed by atoms with Crippen molar-refractivity contribution in [2.24, 2.45) is 0 Å². The Morgan fingerprint density at radius 1 is 1.16 bits per heavy atom. The van der Waals surface area contributed by atoms with Crippen LogP contribution in [0.25, 0.3) is 0 Å². The summed E-state index contributed by atoms with van der Waals surface area (Å²) in [6.45, 7) is 7.72. The van der Waals surface area contributed by atoms with Gasteiger partial charge in [0.15, 0.2) is 11.5 Å². The number of carbonyl (C=O) groups excluding carboxylic acids is 1. The molecule has 5 heteroatoms. The molecule has 0 bridgehead atoms. The number of hydrogen-bond donors (Lipinski definition) is 1. The van der Waals surface area contributed by atoms with Gasteiger partial charge in [0.05, 0.1) is 7.11 Å². The Kier molecular flexibility index (Phi) is 4.33. The minimum Gasteiger partial charge on any atom is -0.508 e. The first kappa shape index (κ1) is 17.1. The molecule has 0 aliphatic carbocycles. The second-order valence-corrected chi connectivity index (χ2v) is 6.39. The summed E-state index contributed by atoms with van der Waals surface area (Å²) < 4.78 is 17.3. The lowest BCUT2D eigenvalue weighted by atomic mass is 9.95. The standard InChI is InChI=1S/C20H22O5/c1-6-10(2)14-9-15(23-5)12(4)18-19(14)24-16-8-13(21)7-11(3)17(16)20(22)25-18/h7-10,21H,6H2,1-5H3. The summed E-state index contributed by atoms with van der Waals surface area (Å²) in [6, 6.07) is 4.89. The predicted molar refractivity (Wildman–Crippen MR) is 94.3 cm³/mol. The molecular formula is C20H22O5. The third kappa shape index (κ3) is 2.80. The zero-order chi connectivity index (χ0) is 18.3. The SMILES string of the molecule is CCC(C)c1cc(OC)c(C)c2c1Oc1cc(O)cc(C)c1C(=O)O2. The van der Waals surface area contributed by atoms with Crippen molar-refractivity contribution in [1.82, 2.24) is 0 Å². The number of rotatable bonds is 3. The van der Waals surface area contributed by atoms with E-state index in [1.54, 1.807) is 14.0 Å². The van der Waals surface area contributed by atoms with Crippen molar-refractivity contribution in [2.45, 2.75) is 40.0 Å². The average molecular weight is 342 g/mol. The Bertz CT molecular complexity index is 854. The van der Waals surface area contributed by atoms with Gasteiger partial charge in [0.2, 0.25) is 0 Å². The Hall–Kier alpha value is -2.69. The number of methoxy groups -OCH3 is 1. The summed E-state index contributed by atoms with van der Waals surface area (Å²) >= 11 is 0. The van der Waals surface area contributed by atoms with E-state index >= 15 is 0 Å². The molecule has 1 heterocycles. The van der Waals surface area contributed by atoms with Crippen LogP contribution in [0.5, 0.6) is 28.7 Å². The lowest BCUT2D eigenvalue weighted by Crippen LogP contribution is -2.10. The molecule has 1 aliphatic rings. The molecule has 132 valence electrons. The van der Waals surface area contributed by atoms with Gasteiger partial charge in [-0.05, 0) is 43.9 Å². The van der Waals surface area contributed by atoms with Gasteiger partial charge in [-0.15, -0.1) is 0 Å². The fraction of sp³-hybridized carbons (Fsp3) is 0.350. The maximum atomic E-state index is 12.7. The third-order valence-corrected chi connectivity index (χ3v) is 4.72. The van der Waals surface area contributed by atoms with E-state index in [4.69, 9.17) is 14.2 Å². The lowest BCUT2D eigenvalue weighted by Gasteiger charge is -2.20. The van der Waals surface area contributed by atoms with Crippen molar-refractivity contribution < 1.29 is 24.1 Å². The zero-order valence-corrected chi connectivity index (χ0v) is 15.1. The zero-order valence-electron chi connectivity index (χ0n) is 15.1. The number of fused-ring (bicyclic) bond motifs is 2. The van der Waals surface area contributed by atoms with Crippen molar-refractivity contribution in [1.29, 1.82) is 0 Å². The maximum Gasteiger partial charge on any atom is 0.347 e. The number of phenolic OH excluding ortho intramolecular Hbond substituents is 1. The van der Waals surface area contributed by atoms with Gasteiger partial charge >= 0.3 is 5.97 Å². The first-order chi connectivity index (χ1) is 11.9. The highest BCUT2D eigenvalue weighted by Crippen LogP contribution is 2.49. The van der Waals surface area contributed by atoms with Crippen LogP contribution in [0, 0.1) is 13.8 Å². The smallest absolute Gasteiger partial charge is 0.347 e. The summed E-state index contributed by atoms with van der Waals surface area (Å²) in [7, 11) is 1.59. The topological polar surface area (TPSA) is 65.0 Å². The second-order valence-electron chi connectivity index (χ2n) is 6.39. The quantitative estimate of drug-likeness (QED) is 0.638. The van der Waals surface area contributed by atoms with E-state index in [1.807, 2.05) is 13.0 Å². The van der Waals surface area contributed by atoms with Crippen LogP contribution in [0.1, 0.15) is 53.2 Å². The van der Waals surface area contributed by atoms with Gasteiger partial charge < -0.3 is 19.3 Å². The van der Waals surface area contributed by atoms with Gasteiger partial charge in [0.25, 0.3) is 0 Å². The van der Waals surface area contributed by atoms with Crippen LogP contribution in [0.2, 0.25) is 0 Å². The predicted octanol–water partition coefficient (Wildman–Crippen LogP) is 4.86. The molecule has 0 spiro atoms. The molecule has 0 saturated heterocycles. The number of ether oxygens (including phenoxy) is 3. The number of carbonyl (C=O) groups is 1. The molecule has 0 saturated carbocycles. The molecule has 3 rings (SSSR count). The molecule has 0 amide bonds. The van der Waals surface area contributed by atoms with Crippen LogP contribution in [0.4, 0.5) is 0 Å². The fourth-order valence-corrected chi connectivity index (χ4v) is 3.09. The number of phenols is 1. The Morgan fingerprint density at radius 2 is 1.88 bits per heavy atom. The molecule has 1 unspecified atom stereocenters. The molecule has 2 aromatic carbocycles. The van der Waals surface area contributed by atoms with Gasteiger partial charge in [0.1, 0.15) is 22.8 Å². The molecule has 0 aromatic heterocycles. The number of esters is 1. The summed E-state index contributed by atoms with van der Waals surface area (Å²) in [5, 5.41) is 9.90.